The van der Waals surface area contributed by atoms with Gasteiger partial charge in [0.2, 0.25) is 21.8 Å². The summed E-state index contributed by atoms with van der Waals surface area (Å²) in [6.45, 7) is 0.198. The van der Waals surface area contributed by atoms with Gasteiger partial charge in [0, 0.05) is 24.5 Å². The number of nitrogens with two attached hydrogens (primary N) is 1. The van der Waals surface area contributed by atoms with Crippen molar-refractivity contribution in [2.45, 2.75) is 50.1 Å². The Morgan fingerprint density at radius 3 is 2.09 bits per heavy atom. The van der Waals surface area contributed by atoms with Crippen molar-refractivity contribution in [1.82, 2.24) is 20.3 Å². The van der Waals surface area contributed by atoms with E-state index in [0.717, 1.165) is 22.3 Å². The molecule has 238 valence electrons. The number of rotatable bonds is 14. The van der Waals surface area contributed by atoms with Crippen LogP contribution in [0.25, 0.3) is 0 Å². The van der Waals surface area contributed by atoms with Crippen molar-refractivity contribution in [3.8, 4) is 0 Å². The molecule has 2 amide bonds. The van der Waals surface area contributed by atoms with Crippen molar-refractivity contribution in [2.24, 2.45) is 11.7 Å². The topological polar surface area (TPSA) is 167 Å². The number of hydrogen-bond donors (Lipinski definition) is 5. The lowest BCUT2D eigenvalue weighted by Gasteiger charge is -2.27. The lowest BCUT2D eigenvalue weighted by atomic mass is 9.96. The maximum Gasteiger partial charge on any atom is 0.242 e. The fourth-order valence-electron chi connectivity index (χ4n) is 5.73. The molecule has 2 atom stereocenters. The Hall–Kier alpha value is -4.87. The van der Waals surface area contributed by atoms with Crippen LogP contribution in [0, 0.1) is 11.3 Å². The van der Waals surface area contributed by atoms with Gasteiger partial charge in [0.1, 0.15) is 17.9 Å². The van der Waals surface area contributed by atoms with Crippen LogP contribution in [-0.2, 0) is 51.2 Å². The van der Waals surface area contributed by atoms with E-state index < -0.39 is 33.9 Å². The van der Waals surface area contributed by atoms with Gasteiger partial charge in [0.05, 0.1) is 5.75 Å². The first-order valence-electron chi connectivity index (χ1n) is 15.2. The van der Waals surface area contributed by atoms with Crippen LogP contribution in [-0.4, -0.2) is 43.1 Å². The number of carbonyl (C=O) groups is 2. The summed E-state index contributed by atoms with van der Waals surface area (Å²) in [5, 5.41) is 13.4. The molecule has 5 rings (SSSR count). The molecule has 3 aromatic carbocycles. The normalized spacial score (nSPS) is 14.2. The van der Waals surface area contributed by atoms with Crippen molar-refractivity contribution in [2.75, 3.05) is 0 Å². The van der Waals surface area contributed by atoms with E-state index in [4.69, 9.17) is 11.1 Å². The van der Waals surface area contributed by atoms with Gasteiger partial charge in [-0.1, -0.05) is 78.9 Å². The number of carbonyl (C=O) groups excluding carboxylic acids is 2. The zero-order chi connectivity index (χ0) is 32.5. The van der Waals surface area contributed by atoms with Crippen molar-refractivity contribution in [1.29, 1.82) is 5.41 Å². The zero-order valence-electron chi connectivity index (χ0n) is 25.4. The number of nitrogens with zero attached hydrogens (tertiary/aromatic N) is 1. The number of nitrogen functional groups attached to an aromatic ring is 1. The molecule has 0 saturated carbocycles. The Bertz CT molecular complexity index is 1740. The standard InChI is InChI=1S/C35H38N6O4S/c36-33(37)27-13-10-25(11-14-27)22-39-34(42)31(15-12-24-16-18-38-19-17-24)40-35(43)32(30-20-28-8-4-5-9-29(28)21-30)41-46(44,45)23-26-6-2-1-3-7-26/h1-11,13-14,16-19,30-32,41H,12,15,20-23H2,(H3,36,37)(H,39,42)(H,40,43)/t31-,32-/m1/s1. The summed E-state index contributed by atoms with van der Waals surface area (Å²) in [7, 11) is -3.91. The molecule has 4 aromatic rings. The first kappa shape index (κ1) is 32.5. The summed E-state index contributed by atoms with van der Waals surface area (Å²) >= 11 is 0. The third-order valence-electron chi connectivity index (χ3n) is 8.18. The van der Waals surface area contributed by atoms with Crippen molar-refractivity contribution < 1.29 is 18.0 Å². The molecule has 0 spiro atoms. The third-order valence-corrected chi connectivity index (χ3v) is 9.50. The predicted octanol–water partition coefficient (Wildman–Crippen LogP) is 3.00. The lowest BCUT2D eigenvalue weighted by molar-refractivity contribution is -0.130. The Kier molecular flexibility index (Phi) is 10.6. The summed E-state index contributed by atoms with van der Waals surface area (Å²) in [6, 6.07) is 25.3. The number of pyridine rings is 1. The second-order valence-corrected chi connectivity index (χ2v) is 13.3. The predicted molar refractivity (Wildman–Crippen MR) is 177 cm³/mol. The fourth-order valence-corrected chi connectivity index (χ4v) is 7.13. The van der Waals surface area contributed by atoms with E-state index in [1.54, 1.807) is 60.9 Å². The van der Waals surface area contributed by atoms with Gasteiger partial charge < -0.3 is 16.4 Å². The van der Waals surface area contributed by atoms with E-state index >= 15 is 0 Å². The highest BCUT2D eigenvalue weighted by molar-refractivity contribution is 7.88. The van der Waals surface area contributed by atoms with Gasteiger partial charge in [-0.3, -0.25) is 20.0 Å². The van der Waals surface area contributed by atoms with Crippen LogP contribution >= 0.6 is 0 Å². The van der Waals surface area contributed by atoms with Crippen LogP contribution in [0.15, 0.2) is 103 Å². The summed E-state index contributed by atoms with van der Waals surface area (Å²) in [6.07, 6.45) is 5.19. The van der Waals surface area contributed by atoms with Gasteiger partial charge in [0.25, 0.3) is 0 Å². The molecule has 0 bridgehead atoms. The number of fused-ring (bicyclic) bond motifs is 1. The Morgan fingerprint density at radius 2 is 1.46 bits per heavy atom. The average molecular weight is 639 g/mol. The van der Waals surface area contributed by atoms with Crippen LogP contribution in [0.4, 0.5) is 0 Å². The minimum atomic E-state index is -3.91. The number of aromatic nitrogens is 1. The van der Waals surface area contributed by atoms with E-state index in [0.29, 0.717) is 36.8 Å². The van der Waals surface area contributed by atoms with E-state index in [9.17, 15) is 18.0 Å². The van der Waals surface area contributed by atoms with Crippen molar-refractivity contribution in [3.63, 3.8) is 0 Å². The third kappa shape index (κ3) is 8.86. The van der Waals surface area contributed by atoms with Crippen LogP contribution < -0.4 is 21.1 Å². The summed E-state index contributed by atoms with van der Waals surface area (Å²) in [5.74, 6) is -1.58. The van der Waals surface area contributed by atoms with Crippen LogP contribution in [0.5, 0.6) is 0 Å². The van der Waals surface area contributed by atoms with Gasteiger partial charge in [-0.05, 0) is 71.6 Å². The Morgan fingerprint density at radius 1 is 0.826 bits per heavy atom. The average Bonchev–Trinajstić information content (AvgIpc) is 3.49. The smallest absolute Gasteiger partial charge is 0.242 e. The molecule has 1 aliphatic carbocycles. The second-order valence-electron chi connectivity index (χ2n) is 11.6. The maximum atomic E-state index is 14.1. The maximum absolute atomic E-state index is 14.1. The molecule has 0 unspecified atom stereocenters. The van der Waals surface area contributed by atoms with E-state index in [1.165, 1.54) is 0 Å². The molecular formula is C35H38N6O4S. The molecule has 1 aromatic heterocycles. The number of amides is 2. The molecular weight excluding hydrogens is 600 g/mol. The van der Waals surface area contributed by atoms with Crippen LogP contribution in [0.1, 0.15) is 39.8 Å². The molecule has 1 aliphatic rings. The van der Waals surface area contributed by atoms with Gasteiger partial charge in [-0.15, -0.1) is 0 Å². The number of aryl methyl sites for hydroxylation is 1. The highest BCUT2D eigenvalue weighted by Crippen LogP contribution is 2.29. The molecule has 0 radical (unpaired) electrons. The summed E-state index contributed by atoms with van der Waals surface area (Å²) in [5.41, 5.74) is 10.6. The monoisotopic (exact) mass is 638 g/mol. The molecule has 10 nitrogen and oxygen atoms in total. The van der Waals surface area contributed by atoms with E-state index in [-0.39, 0.29) is 24.1 Å². The van der Waals surface area contributed by atoms with Gasteiger partial charge >= 0.3 is 0 Å². The van der Waals surface area contributed by atoms with Crippen LogP contribution in [0.2, 0.25) is 0 Å². The molecule has 6 N–H and O–H groups in total. The van der Waals surface area contributed by atoms with Gasteiger partial charge in [-0.25, -0.2) is 13.1 Å². The second kappa shape index (κ2) is 14.9. The van der Waals surface area contributed by atoms with Gasteiger partial charge in [-0.2, -0.15) is 0 Å². The molecule has 0 aliphatic heterocycles. The van der Waals surface area contributed by atoms with E-state index in [2.05, 4.69) is 20.3 Å². The number of amidine groups is 1. The highest BCUT2D eigenvalue weighted by atomic mass is 32.2. The molecule has 11 heteroatoms. The minimum absolute atomic E-state index is 0.0474. The minimum Gasteiger partial charge on any atom is -0.384 e. The van der Waals surface area contributed by atoms with Crippen molar-refractivity contribution in [3.05, 3.63) is 137 Å². The molecule has 0 saturated heterocycles. The number of hydrogen-bond acceptors (Lipinski definition) is 6. The number of sulfonamides is 1. The Labute approximate surface area is 269 Å². The van der Waals surface area contributed by atoms with Crippen molar-refractivity contribution >= 4 is 27.7 Å². The number of benzene rings is 3. The summed E-state index contributed by atoms with van der Waals surface area (Å²) < 4.78 is 29.5. The van der Waals surface area contributed by atoms with Crippen LogP contribution in [0.3, 0.4) is 0 Å². The van der Waals surface area contributed by atoms with E-state index in [1.807, 2.05) is 42.5 Å². The first-order valence-corrected chi connectivity index (χ1v) is 16.8. The molecule has 46 heavy (non-hydrogen) atoms. The SMILES string of the molecule is N=C(N)c1ccc(CNC(=O)[C@@H](CCc2ccncc2)NC(=O)[C@H](NS(=O)(=O)Cc2ccccc2)C2Cc3ccccc3C2)cc1. The van der Waals surface area contributed by atoms with Gasteiger partial charge in [0.15, 0.2) is 0 Å². The fraction of sp³-hybridized carbons (Fsp3) is 0.257. The highest BCUT2D eigenvalue weighted by Gasteiger charge is 2.37. The first-order chi connectivity index (χ1) is 22.2. The number of nitrogens with one attached hydrogen (secondary N) is 4. The Balaban J connectivity index is 1.35. The lowest BCUT2D eigenvalue weighted by Crippen LogP contribution is -2.56. The zero-order valence-corrected chi connectivity index (χ0v) is 26.2. The largest absolute Gasteiger partial charge is 0.384 e. The molecule has 1 heterocycles. The summed E-state index contributed by atoms with van der Waals surface area (Å²) in [4.78, 5) is 31.7. The molecule has 0 fully saturated rings. The quantitative estimate of drug-likeness (QED) is 0.105.